The SMILES string of the molecule is O=C([C@H]1CC=CC[C@@H]1c1nc2ccccc2s1)N1CCN(c2nccs2)CC1. The van der Waals surface area contributed by atoms with Gasteiger partial charge in [-0.15, -0.1) is 22.7 Å². The lowest BCUT2D eigenvalue weighted by molar-refractivity contribution is -0.136. The number of piperazine rings is 1. The number of carbonyl (C=O) groups excluding carboxylic acids is 1. The number of anilines is 1. The highest BCUT2D eigenvalue weighted by molar-refractivity contribution is 7.18. The largest absolute Gasteiger partial charge is 0.345 e. The Morgan fingerprint density at radius 2 is 1.89 bits per heavy atom. The summed E-state index contributed by atoms with van der Waals surface area (Å²) in [6.45, 7) is 3.25. The van der Waals surface area contributed by atoms with E-state index >= 15 is 0 Å². The molecule has 0 N–H and O–H groups in total. The number of hydrogen-bond acceptors (Lipinski definition) is 6. The fourth-order valence-corrected chi connectivity index (χ4v) is 5.98. The summed E-state index contributed by atoms with van der Waals surface area (Å²) in [6.07, 6.45) is 7.93. The zero-order chi connectivity index (χ0) is 18.9. The third-order valence-electron chi connectivity index (χ3n) is 5.66. The number of hydrogen-bond donors (Lipinski definition) is 0. The van der Waals surface area contributed by atoms with Gasteiger partial charge in [-0.25, -0.2) is 9.97 Å². The van der Waals surface area contributed by atoms with Gasteiger partial charge in [0.2, 0.25) is 5.91 Å². The van der Waals surface area contributed by atoms with E-state index in [1.54, 1.807) is 22.7 Å². The summed E-state index contributed by atoms with van der Waals surface area (Å²) in [5, 5.41) is 4.16. The minimum absolute atomic E-state index is 0.00280. The van der Waals surface area contributed by atoms with Crippen molar-refractivity contribution >= 4 is 43.9 Å². The molecule has 144 valence electrons. The smallest absolute Gasteiger partial charge is 0.226 e. The van der Waals surface area contributed by atoms with Crippen LogP contribution in [0.25, 0.3) is 10.2 Å². The van der Waals surface area contributed by atoms with Crippen molar-refractivity contribution in [3.05, 3.63) is 53.0 Å². The summed E-state index contributed by atoms with van der Waals surface area (Å²) in [7, 11) is 0. The lowest BCUT2D eigenvalue weighted by atomic mass is 9.82. The summed E-state index contributed by atoms with van der Waals surface area (Å²) in [6, 6.07) is 8.25. The first kappa shape index (κ1) is 17.8. The van der Waals surface area contributed by atoms with Gasteiger partial charge in [0, 0.05) is 43.7 Å². The number of fused-ring (bicyclic) bond motifs is 1. The Bertz CT molecular complexity index is 956. The Morgan fingerprint density at radius 3 is 2.68 bits per heavy atom. The Morgan fingerprint density at radius 1 is 1.07 bits per heavy atom. The molecule has 1 amide bonds. The summed E-state index contributed by atoms with van der Waals surface area (Å²) < 4.78 is 1.20. The van der Waals surface area contributed by atoms with Gasteiger partial charge in [-0.2, -0.15) is 0 Å². The lowest BCUT2D eigenvalue weighted by Crippen LogP contribution is -2.51. The van der Waals surface area contributed by atoms with Crippen LogP contribution >= 0.6 is 22.7 Å². The fraction of sp³-hybridized carbons (Fsp3) is 0.381. The molecule has 0 saturated carbocycles. The van der Waals surface area contributed by atoms with Crippen LogP contribution in [0.1, 0.15) is 23.8 Å². The molecule has 1 saturated heterocycles. The van der Waals surface area contributed by atoms with Crippen LogP contribution in [-0.4, -0.2) is 47.0 Å². The summed E-state index contributed by atoms with van der Waals surface area (Å²) in [4.78, 5) is 27.0. The van der Waals surface area contributed by atoms with E-state index in [2.05, 4.69) is 40.2 Å². The first-order valence-corrected chi connectivity index (χ1v) is 11.4. The molecule has 3 aromatic rings. The summed E-state index contributed by atoms with van der Waals surface area (Å²) in [5.41, 5.74) is 1.04. The second-order valence-electron chi connectivity index (χ2n) is 7.30. The van der Waals surface area contributed by atoms with Gasteiger partial charge in [-0.1, -0.05) is 24.3 Å². The third kappa shape index (κ3) is 3.33. The van der Waals surface area contributed by atoms with E-state index < -0.39 is 0 Å². The number of rotatable bonds is 3. The number of nitrogens with zero attached hydrogens (tertiary/aromatic N) is 4. The van der Waals surface area contributed by atoms with E-state index in [-0.39, 0.29) is 17.7 Å². The molecule has 2 atom stereocenters. The number of allylic oxidation sites excluding steroid dienone is 2. The predicted octanol–water partition coefficient (Wildman–Crippen LogP) is 4.15. The van der Waals surface area contributed by atoms with Crippen molar-refractivity contribution in [3.63, 3.8) is 0 Å². The molecule has 0 spiro atoms. The normalized spacial score (nSPS) is 22.7. The van der Waals surface area contributed by atoms with Crippen molar-refractivity contribution in [2.24, 2.45) is 5.92 Å². The van der Waals surface area contributed by atoms with E-state index in [0.29, 0.717) is 0 Å². The first-order valence-electron chi connectivity index (χ1n) is 9.73. The first-order chi connectivity index (χ1) is 13.8. The van der Waals surface area contributed by atoms with Gasteiger partial charge in [0.15, 0.2) is 5.13 Å². The van der Waals surface area contributed by atoms with Crippen LogP contribution in [0.2, 0.25) is 0 Å². The minimum Gasteiger partial charge on any atom is -0.345 e. The van der Waals surface area contributed by atoms with Crippen LogP contribution in [0.15, 0.2) is 48.0 Å². The molecule has 0 unspecified atom stereocenters. The van der Waals surface area contributed by atoms with Gasteiger partial charge in [0.1, 0.15) is 0 Å². The molecule has 28 heavy (non-hydrogen) atoms. The molecule has 1 fully saturated rings. The molecule has 5 rings (SSSR count). The van der Waals surface area contributed by atoms with E-state index in [1.165, 1.54) is 4.70 Å². The Kier molecular flexibility index (Phi) is 4.86. The maximum Gasteiger partial charge on any atom is 0.226 e. The Balaban J connectivity index is 1.32. The highest BCUT2D eigenvalue weighted by Gasteiger charge is 2.36. The van der Waals surface area contributed by atoms with Crippen LogP contribution in [-0.2, 0) is 4.79 Å². The Labute approximate surface area is 172 Å². The number of benzene rings is 1. The summed E-state index contributed by atoms with van der Waals surface area (Å²) >= 11 is 3.40. The van der Waals surface area contributed by atoms with Gasteiger partial charge in [-0.3, -0.25) is 4.79 Å². The van der Waals surface area contributed by atoms with Gasteiger partial charge in [-0.05, 0) is 25.0 Å². The van der Waals surface area contributed by atoms with Crippen molar-refractivity contribution in [1.29, 1.82) is 0 Å². The highest BCUT2D eigenvalue weighted by Crippen LogP contribution is 2.39. The molecular weight excluding hydrogens is 388 g/mol. The second kappa shape index (κ2) is 7.64. The van der Waals surface area contributed by atoms with Gasteiger partial charge in [0.25, 0.3) is 0 Å². The maximum atomic E-state index is 13.4. The predicted molar refractivity (Wildman–Crippen MR) is 115 cm³/mol. The quantitative estimate of drug-likeness (QED) is 0.609. The van der Waals surface area contributed by atoms with Gasteiger partial charge < -0.3 is 9.80 Å². The van der Waals surface area contributed by atoms with E-state index in [4.69, 9.17) is 4.98 Å². The number of carbonyl (C=O) groups is 1. The molecule has 7 heteroatoms. The zero-order valence-electron chi connectivity index (χ0n) is 15.5. The number of thiazole rings is 2. The minimum atomic E-state index is -0.00280. The third-order valence-corrected chi connectivity index (χ3v) is 7.66. The van der Waals surface area contributed by atoms with Crippen molar-refractivity contribution in [2.75, 3.05) is 31.1 Å². The lowest BCUT2D eigenvalue weighted by Gasteiger charge is -2.38. The highest BCUT2D eigenvalue weighted by atomic mass is 32.1. The molecule has 1 aliphatic carbocycles. The van der Waals surface area contributed by atoms with Crippen LogP contribution in [0.4, 0.5) is 5.13 Å². The van der Waals surface area contributed by atoms with Crippen LogP contribution in [0, 0.1) is 5.92 Å². The van der Waals surface area contributed by atoms with Crippen molar-refractivity contribution in [2.45, 2.75) is 18.8 Å². The molecule has 5 nitrogen and oxygen atoms in total. The van der Waals surface area contributed by atoms with E-state index in [1.807, 2.05) is 22.5 Å². The molecule has 0 bridgehead atoms. The average molecular weight is 411 g/mol. The van der Waals surface area contributed by atoms with E-state index in [0.717, 1.165) is 54.7 Å². The van der Waals surface area contributed by atoms with Crippen molar-refractivity contribution in [1.82, 2.24) is 14.9 Å². The average Bonchev–Trinajstić information content (AvgIpc) is 3.43. The van der Waals surface area contributed by atoms with Gasteiger partial charge >= 0.3 is 0 Å². The second-order valence-corrected chi connectivity index (χ2v) is 9.24. The number of aromatic nitrogens is 2. The molecule has 1 aromatic carbocycles. The molecule has 0 radical (unpaired) electrons. The van der Waals surface area contributed by atoms with E-state index in [9.17, 15) is 4.79 Å². The van der Waals surface area contributed by atoms with Crippen LogP contribution in [0.5, 0.6) is 0 Å². The number of amides is 1. The molecule has 2 aliphatic rings. The number of para-hydroxylation sites is 1. The van der Waals surface area contributed by atoms with Crippen LogP contribution < -0.4 is 4.90 Å². The molecular formula is C21H22N4OS2. The molecule has 3 heterocycles. The monoisotopic (exact) mass is 410 g/mol. The fourth-order valence-electron chi connectivity index (χ4n) is 4.13. The zero-order valence-corrected chi connectivity index (χ0v) is 17.2. The topological polar surface area (TPSA) is 49.3 Å². The standard InChI is InChI=1S/C21H22N4OS2/c26-20(24-10-12-25(13-11-24)21-22-9-14-27-21)16-6-2-1-5-15(16)19-23-17-7-3-4-8-18(17)28-19/h1-4,7-9,14-16H,5-6,10-13H2/t15-,16-/m0/s1. The Hall–Kier alpha value is -2.25. The van der Waals surface area contributed by atoms with Crippen LogP contribution in [0.3, 0.4) is 0 Å². The van der Waals surface area contributed by atoms with Crippen molar-refractivity contribution < 1.29 is 4.79 Å². The molecule has 2 aromatic heterocycles. The maximum absolute atomic E-state index is 13.4. The molecule has 1 aliphatic heterocycles. The van der Waals surface area contributed by atoms with Crippen molar-refractivity contribution in [3.8, 4) is 0 Å². The van der Waals surface area contributed by atoms with Gasteiger partial charge in [0.05, 0.1) is 21.1 Å². The summed E-state index contributed by atoms with van der Waals surface area (Å²) in [5.74, 6) is 0.469.